The van der Waals surface area contributed by atoms with E-state index in [1.807, 2.05) is 20.2 Å². The van der Waals surface area contributed by atoms with E-state index in [0.29, 0.717) is 13.1 Å². The number of aromatic nitrogens is 2. The Morgan fingerprint density at radius 2 is 2.41 bits per heavy atom. The molecule has 1 aromatic heterocycles. The van der Waals surface area contributed by atoms with Gasteiger partial charge in [-0.25, -0.2) is 0 Å². The number of nitrogens with two attached hydrogens (primary N) is 1. The quantitative estimate of drug-likeness (QED) is 0.743. The first-order valence-corrected chi connectivity index (χ1v) is 5.59. The second kappa shape index (κ2) is 6.36. The van der Waals surface area contributed by atoms with Crippen molar-refractivity contribution in [2.75, 3.05) is 20.3 Å². The zero-order valence-corrected chi connectivity index (χ0v) is 10.6. The van der Waals surface area contributed by atoms with Crippen molar-refractivity contribution in [2.24, 2.45) is 12.8 Å². The topological polar surface area (TPSA) is 73.4 Å². The Morgan fingerprint density at radius 3 is 2.88 bits per heavy atom. The van der Waals surface area contributed by atoms with Crippen molar-refractivity contribution in [1.29, 1.82) is 0 Å². The molecule has 0 spiro atoms. The summed E-state index contributed by atoms with van der Waals surface area (Å²) >= 11 is 0. The fourth-order valence-corrected chi connectivity index (χ4v) is 1.60. The molecule has 6 nitrogen and oxygen atoms in total. The van der Waals surface area contributed by atoms with Gasteiger partial charge in [-0.1, -0.05) is 0 Å². The SMILES string of the molecule is CCN(Cc1cnn(C)c1)C(=O)C(N)COC. The number of ether oxygens (including phenoxy) is 1. The Labute approximate surface area is 101 Å². The summed E-state index contributed by atoms with van der Waals surface area (Å²) in [6.45, 7) is 3.31. The van der Waals surface area contributed by atoms with Crippen LogP contribution in [0.2, 0.25) is 0 Å². The van der Waals surface area contributed by atoms with Crippen LogP contribution in [0, 0.1) is 0 Å². The van der Waals surface area contributed by atoms with Crippen molar-refractivity contribution in [2.45, 2.75) is 19.5 Å². The monoisotopic (exact) mass is 240 g/mol. The molecule has 0 aromatic carbocycles. The number of carbonyl (C=O) groups is 1. The van der Waals surface area contributed by atoms with Crippen molar-refractivity contribution >= 4 is 5.91 Å². The standard InChI is InChI=1S/C11H20N4O2/c1-4-15(11(16)10(12)8-17-3)7-9-5-13-14(2)6-9/h5-6,10H,4,7-8,12H2,1-3H3. The molecule has 96 valence electrons. The molecule has 0 radical (unpaired) electrons. The first-order chi connectivity index (χ1) is 8.08. The molecule has 17 heavy (non-hydrogen) atoms. The van der Waals surface area contributed by atoms with E-state index in [2.05, 4.69) is 5.10 Å². The minimum Gasteiger partial charge on any atom is -0.383 e. The zero-order chi connectivity index (χ0) is 12.8. The van der Waals surface area contributed by atoms with Crippen molar-refractivity contribution < 1.29 is 9.53 Å². The van der Waals surface area contributed by atoms with Gasteiger partial charge in [0.25, 0.3) is 0 Å². The summed E-state index contributed by atoms with van der Waals surface area (Å²) in [7, 11) is 3.38. The lowest BCUT2D eigenvalue weighted by Gasteiger charge is -2.23. The summed E-state index contributed by atoms with van der Waals surface area (Å²) in [5.74, 6) is -0.0989. The molecular weight excluding hydrogens is 220 g/mol. The van der Waals surface area contributed by atoms with Crippen LogP contribution in [-0.4, -0.2) is 46.9 Å². The van der Waals surface area contributed by atoms with Crippen LogP contribution in [0.25, 0.3) is 0 Å². The van der Waals surface area contributed by atoms with Gasteiger partial charge in [0.05, 0.1) is 12.8 Å². The highest BCUT2D eigenvalue weighted by molar-refractivity contribution is 5.81. The Morgan fingerprint density at radius 1 is 1.71 bits per heavy atom. The molecule has 0 bridgehead atoms. The fourth-order valence-electron chi connectivity index (χ4n) is 1.60. The number of rotatable bonds is 6. The minimum absolute atomic E-state index is 0.0989. The predicted molar refractivity (Wildman–Crippen MR) is 64.2 cm³/mol. The maximum absolute atomic E-state index is 12.0. The molecule has 6 heteroatoms. The predicted octanol–water partition coefficient (Wildman–Crippen LogP) is -0.258. The third kappa shape index (κ3) is 3.83. The largest absolute Gasteiger partial charge is 0.383 e. The van der Waals surface area contributed by atoms with Crippen LogP contribution in [0.1, 0.15) is 12.5 Å². The minimum atomic E-state index is -0.600. The molecule has 2 N–H and O–H groups in total. The Balaban J connectivity index is 2.62. The second-order valence-electron chi connectivity index (χ2n) is 3.94. The van der Waals surface area contributed by atoms with Crippen LogP contribution in [0.15, 0.2) is 12.4 Å². The summed E-state index contributed by atoms with van der Waals surface area (Å²) in [4.78, 5) is 13.7. The Hall–Kier alpha value is -1.40. The van der Waals surface area contributed by atoms with E-state index < -0.39 is 6.04 Å². The number of aryl methyl sites for hydroxylation is 1. The zero-order valence-electron chi connectivity index (χ0n) is 10.6. The summed E-state index contributed by atoms with van der Waals surface area (Å²) < 4.78 is 6.60. The summed E-state index contributed by atoms with van der Waals surface area (Å²) in [6.07, 6.45) is 3.63. The molecule has 1 rings (SSSR count). The molecule has 0 aliphatic rings. The molecular formula is C11H20N4O2. The van der Waals surface area contributed by atoms with Gasteiger partial charge in [-0.05, 0) is 6.92 Å². The summed E-state index contributed by atoms with van der Waals surface area (Å²) in [5.41, 5.74) is 6.72. The Bertz CT molecular complexity index is 364. The lowest BCUT2D eigenvalue weighted by atomic mass is 10.2. The van der Waals surface area contributed by atoms with Crippen molar-refractivity contribution in [3.63, 3.8) is 0 Å². The first-order valence-electron chi connectivity index (χ1n) is 5.59. The van der Waals surface area contributed by atoms with Crippen molar-refractivity contribution in [3.05, 3.63) is 18.0 Å². The van der Waals surface area contributed by atoms with Crippen molar-refractivity contribution in [3.8, 4) is 0 Å². The molecule has 0 saturated heterocycles. The molecule has 0 aliphatic heterocycles. The summed E-state index contributed by atoms with van der Waals surface area (Å²) in [6, 6.07) is -0.600. The number of methoxy groups -OCH3 is 1. The van der Waals surface area contributed by atoms with E-state index in [0.717, 1.165) is 5.56 Å². The highest BCUT2D eigenvalue weighted by Gasteiger charge is 2.20. The van der Waals surface area contributed by atoms with Crippen LogP contribution < -0.4 is 5.73 Å². The molecule has 1 heterocycles. The normalized spacial score (nSPS) is 12.5. The van der Waals surface area contributed by atoms with Gasteiger partial charge >= 0.3 is 0 Å². The maximum atomic E-state index is 12.0. The second-order valence-corrected chi connectivity index (χ2v) is 3.94. The van der Waals surface area contributed by atoms with Gasteiger partial charge in [0.15, 0.2) is 0 Å². The molecule has 1 unspecified atom stereocenters. The van der Waals surface area contributed by atoms with Gasteiger partial charge in [-0.3, -0.25) is 9.48 Å². The lowest BCUT2D eigenvalue weighted by Crippen LogP contribution is -2.45. The average molecular weight is 240 g/mol. The van der Waals surface area contributed by atoms with E-state index in [4.69, 9.17) is 10.5 Å². The molecule has 1 amide bonds. The third-order valence-electron chi connectivity index (χ3n) is 2.49. The molecule has 0 fully saturated rings. The number of likely N-dealkylation sites (N-methyl/N-ethyl adjacent to an activating group) is 1. The fraction of sp³-hybridized carbons (Fsp3) is 0.636. The van der Waals surface area contributed by atoms with Gasteiger partial charge in [0.2, 0.25) is 5.91 Å². The van der Waals surface area contributed by atoms with Gasteiger partial charge < -0.3 is 15.4 Å². The van der Waals surface area contributed by atoms with Crippen molar-refractivity contribution in [1.82, 2.24) is 14.7 Å². The molecule has 0 aliphatic carbocycles. The first kappa shape index (κ1) is 13.7. The Kier molecular flexibility index (Phi) is 5.11. The third-order valence-corrected chi connectivity index (χ3v) is 2.49. The van der Waals surface area contributed by atoms with E-state index in [1.165, 1.54) is 7.11 Å². The average Bonchev–Trinajstić information content (AvgIpc) is 2.71. The number of hydrogen-bond donors (Lipinski definition) is 1. The van der Waals surface area contributed by atoms with Crippen LogP contribution >= 0.6 is 0 Å². The van der Waals surface area contributed by atoms with Gasteiger partial charge in [0, 0.05) is 39.0 Å². The van der Waals surface area contributed by atoms with Gasteiger partial charge in [-0.2, -0.15) is 5.10 Å². The number of amides is 1. The maximum Gasteiger partial charge on any atom is 0.242 e. The van der Waals surface area contributed by atoms with Crippen LogP contribution in [0.5, 0.6) is 0 Å². The van der Waals surface area contributed by atoms with E-state index in [1.54, 1.807) is 15.8 Å². The highest BCUT2D eigenvalue weighted by Crippen LogP contribution is 2.04. The van der Waals surface area contributed by atoms with E-state index in [-0.39, 0.29) is 12.5 Å². The van der Waals surface area contributed by atoms with Crippen LogP contribution in [0.3, 0.4) is 0 Å². The number of nitrogens with zero attached hydrogens (tertiary/aromatic N) is 3. The van der Waals surface area contributed by atoms with Gasteiger partial charge in [-0.15, -0.1) is 0 Å². The highest BCUT2D eigenvalue weighted by atomic mass is 16.5. The molecule has 1 atom stereocenters. The number of hydrogen-bond acceptors (Lipinski definition) is 4. The molecule has 1 aromatic rings. The lowest BCUT2D eigenvalue weighted by molar-refractivity contribution is -0.134. The number of carbonyl (C=O) groups excluding carboxylic acids is 1. The smallest absolute Gasteiger partial charge is 0.242 e. The van der Waals surface area contributed by atoms with Crippen LogP contribution in [-0.2, 0) is 23.1 Å². The van der Waals surface area contributed by atoms with E-state index >= 15 is 0 Å². The molecule has 0 saturated carbocycles. The van der Waals surface area contributed by atoms with Crippen LogP contribution in [0.4, 0.5) is 0 Å². The summed E-state index contributed by atoms with van der Waals surface area (Å²) in [5, 5.41) is 4.07. The van der Waals surface area contributed by atoms with Gasteiger partial charge in [0.1, 0.15) is 6.04 Å². The van der Waals surface area contributed by atoms with E-state index in [9.17, 15) is 4.79 Å².